The van der Waals surface area contributed by atoms with Gasteiger partial charge >= 0.3 is 5.97 Å². The van der Waals surface area contributed by atoms with E-state index in [2.05, 4.69) is 5.32 Å². The molecule has 118 valence electrons. The lowest BCUT2D eigenvalue weighted by atomic mass is 10.1. The van der Waals surface area contributed by atoms with Gasteiger partial charge in [0.25, 0.3) is 0 Å². The molecule has 2 N–H and O–H groups in total. The van der Waals surface area contributed by atoms with E-state index in [0.29, 0.717) is 17.8 Å². The SMILES string of the molecule is CC(C)CC(=O)Nc1ccc(N2CC(C(=O)O)CC2=O)cc1. The number of benzene rings is 1. The molecule has 1 aliphatic heterocycles. The summed E-state index contributed by atoms with van der Waals surface area (Å²) in [5, 5.41) is 11.8. The number of carboxylic acids is 1. The van der Waals surface area contributed by atoms with Crippen molar-refractivity contribution in [3.8, 4) is 0 Å². The normalized spacial score (nSPS) is 17.9. The lowest BCUT2D eigenvalue weighted by Crippen LogP contribution is -2.25. The molecule has 2 rings (SSSR count). The fourth-order valence-electron chi connectivity index (χ4n) is 2.43. The van der Waals surface area contributed by atoms with Crippen LogP contribution in [0.25, 0.3) is 0 Å². The number of carboxylic acid groups (broad SMARTS) is 1. The number of anilines is 2. The maximum Gasteiger partial charge on any atom is 0.308 e. The summed E-state index contributed by atoms with van der Waals surface area (Å²) in [6.45, 7) is 4.13. The highest BCUT2D eigenvalue weighted by Crippen LogP contribution is 2.26. The van der Waals surface area contributed by atoms with Gasteiger partial charge in [0, 0.05) is 30.8 Å². The highest BCUT2D eigenvalue weighted by Gasteiger charge is 2.34. The van der Waals surface area contributed by atoms with E-state index in [1.807, 2.05) is 13.8 Å². The molecule has 1 unspecified atom stereocenters. The van der Waals surface area contributed by atoms with Gasteiger partial charge < -0.3 is 15.3 Å². The third kappa shape index (κ3) is 3.84. The van der Waals surface area contributed by atoms with E-state index in [0.717, 1.165) is 0 Å². The smallest absolute Gasteiger partial charge is 0.308 e. The first-order valence-electron chi connectivity index (χ1n) is 7.30. The molecule has 1 aliphatic rings. The third-order valence-electron chi connectivity index (χ3n) is 3.53. The molecular weight excluding hydrogens is 284 g/mol. The van der Waals surface area contributed by atoms with Gasteiger partial charge in [-0.2, -0.15) is 0 Å². The molecule has 1 heterocycles. The van der Waals surface area contributed by atoms with Crippen molar-refractivity contribution in [2.24, 2.45) is 11.8 Å². The summed E-state index contributed by atoms with van der Waals surface area (Å²) < 4.78 is 0. The standard InChI is InChI=1S/C16H20N2O4/c1-10(2)7-14(19)17-12-3-5-13(6-4-12)18-9-11(16(21)22)8-15(18)20/h3-6,10-11H,7-9H2,1-2H3,(H,17,19)(H,21,22). The molecule has 6 heteroatoms. The van der Waals surface area contributed by atoms with Gasteiger partial charge in [-0.05, 0) is 30.2 Å². The molecule has 1 saturated heterocycles. The third-order valence-corrected chi connectivity index (χ3v) is 3.53. The Hall–Kier alpha value is -2.37. The molecule has 0 aromatic heterocycles. The van der Waals surface area contributed by atoms with Crippen LogP contribution in [0.4, 0.5) is 11.4 Å². The van der Waals surface area contributed by atoms with Crippen LogP contribution in [0.1, 0.15) is 26.7 Å². The molecule has 0 radical (unpaired) electrons. The van der Waals surface area contributed by atoms with Crippen LogP contribution < -0.4 is 10.2 Å². The van der Waals surface area contributed by atoms with Gasteiger partial charge in [-0.3, -0.25) is 14.4 Å². The predicted octanol–water partition coefficient (Wildman–Crippen LogP) is 2.11. The van der Waals surface area contributed by atoms with E-state index in [1.165, 1.54) is 4.90 Å². The predicted molar refractivity (Wildman–Crippen MR) is 82.6 cm³/mol. The van der Waals surface area contributed by atoms with E-state index in [4.69, 9.17) is 5.11 Å². The van der Waals surface area contributed by atoms with Gasteiger partial charge in [0.2, 0.25) is 11.8 Å². The Balaban J connectivity index is 2.02. The minimum Gasteiger partial charge on any atom is -0.481 e. The Morgan fingerprint density at radius 3 is 2.45 bits per heavy atom. The largest absolute Gasteiger partial charge is 0.481 e. The fourth-order valence-corrected chi connectivity index (χ4v) is 2.43. The van der Waals surface area contributed by atoms with Crippen molar-refractivity contribution in [2.45, 2.75) is 26.7 Å². The van der Waals surface area contributed by atoms with E-state index in [1.54, 1.807) is 24.3 Å². The lowest BCUT2D eigenvalue weighted by Gasteiger charge is -2.16. The molecule has 22 heavy (non-hydrogen) atoms. The fraction of sp³-hybridized carbons (Fsp3) is 0.438. The number of hydrogen-bond donors (Lipinski definition) is 2. The second-order valence-electron chi connectivity index (χ2n) is 5.94. The quantitative estimate of drug-likeness (QED) is 0.872. The summed E-state index contributed by atoms with van der Waals surface area (Å²) in [4.78, 5) is 36.0. The van der Waals surface area contributed by atoms with Crippen LogP contribution in [0.5, 0.6) is 0 Å². The lowest BCUT2D eigenvalue weighted by molar-refractivity contribution is -0.141. The van der Waals surface area contributed by atoms with Crippen LogP contribution >= 0.6 is 0 Å². The maximum atomic E-state index is 11.9. The molecule has 1 aromatic carbocycles. The molecule has 6 nitrogen and oxygen atoms in total. The molecule has 0 spiro atoms. The summed E-state index contributed by atoms with van der Waals surface area (Å²) in [6, 6.07) is 6.87. The van der Waals surface area contributed by atoms with Crippen LogP contribution in [0, 0.1) is 11.8 Å². The monoisotopic (exact) mass is 304 g/mol. The van der Waals surface area contributed by atoms with Crippen molar-refractivity contribution in [2.75, 3.05) is 16.8 Å². The van der Waals surface area contributed by atoms with E-state index < -0.39 is 11.9 Å². The first-order chi connectivity index (χ1) is 10.4. The van der Waals surface area contributed by atoms with Crippen molar-refractivity contribution >= 4 is 29.2 Å². The highest BCUT2D eigenvalue weighted by atomic mass is 16.4. The Morgan fingerprint density at radius 2 is 1.95 bits per heavy atom. The maximum absolute atomic E-state index is 11.9. The van der Waals surface area contributed by atoms with Gasteiger partial charge in [0.05, 0.1) is 5.92 Å². The number of aliphatic carboxylic acids is 1. The number of carbonyl (C=O) groups is 3. The summed E-state index contributed by atoms with van der Waals surface area (Å²) in [5.74, 6) is -1.56. The highest BCUT2D eigenvalue weighted by molar-refractivity contribution is 5.99. The number of nitrogens with zero attached hydrogens (tertiary/aromatic N) is 1. The minimum atomic E-state index is -0.951. The first kappa shape index (κ1) is 16.0. The van der Waals surface area contributed by atoms with Crippen LogP contribution in [-0.2, 0) is 14.4 Å². The topological polar surface area (TPSA) is 86.7 Å². The Kier molecular flexibility index (Phi) is 4.80. The Labute approximate surface area is 129 Å². The first-order valence-corrected chi connectivity index (χ1v) is 7.30. The van der Waals surface area contributed by atoms with Gasteiger partial charge in [-0.25, -0.2) is 0 Å². The van der Waals surface area contributed by atoms with Crippen LogP contribution in [0.15, 0.2) is 24.3 Å². The minimum absolute atomic E-state index is 0.0300. The van der Waals surface area contributed by atoms with Gasteiger partial charge in [0.15, 0.2) is 0 Å². The van der Waals surface area contributed by atoms with Gasteiger partial charge in [-0.1, -0.05) is 13.8 Å². The molecule has 1 fully saturated rings. The number of hydrogen-bond acceptors (Lipinski definition) is 3. The van der Waals surface area contributed by atoms with E-state index in [-0.39, 0.29) is 30.7 Å². The van der Waals surface area contributed by atoms with Crippen molar-refractivity contribution in [1.29, 1.82) is 0 Å². The molecule has 0 aliphatic carbocycles. The van der Waals surface area contributed by atoms with Crippen LogP contribution in [0.3, 0.4) is 0 Å². The molecule has 1 atom stereocenters. The van der Waals surface area contributed by atoms with Gasteiger partial charge in [0.1, 0.15) is 0 Å². The average molecular weight is 304 g/mol. The Bertz CT molecular complexity index is 580. The summed E-state index contributed by atoms with van der Waals surface area (Å²) in [7, 11) is 0. The summed E-state index contributed by atoms with van der Waals surface area (Å²) >= 11 is 0. The van der Waals surface area contributed by atoms with Crippen LogP contribution in [0.2, 0.25) is 0 Å². The zero-order valence-electron chi connectivity index (χ0n) is 12.7. The van der Waals surface area contributed by atoms with Crippen LogP contribution in [-0.4, -0.2) is 29.4 Å². The number of carbonyl (C=O) groups excluding carboxylic acids is 2. The number of nitrogens with one attached hydrogen (secondary N) is 1. The number of amides is 2. The second-order valence-corrected chi connectivity index (χ2v) is 5.94. The molecule has 1 aromatic rings. The molecule has 2 amide bonds. The van der Waals surface area contributed by atoms with Crippen molar-refractivity contribution in [3.05, 3.63) is 24.3 Å². The average Bonchev–Trinajstić information content (AvgIpc) is 2.81. The number of rotatable bonds is 5. The van der Waals surface area contributed by atoms with Crippen molar-refractivity contribution < 1.29 is 19.5 Å². The molecule has 0 saturated carbocycles. The van der Waals surface area contributed by atoms with Gasteiger partial charge in [-0.15, -0.1) is 0 Å². The zero-order chi connectivity index (χ0) is 16.3. The summed E-state index contributed by atoms with van der Waals surface area (Å²) in [6.07, 6.45) is 0.481. The van der Waals surface area contributed by atoms with E-state index >= 15 is 0 Å². The van der Waals surface area contributed by atoms with Crippen molar-refractivity contribution in [3.63, 3.8) is 0 Å². The van der Waals surface area contributed by atoms with Crippen molar-refractivity contribution in [1.82, 2.24) is 0 Å². The summed E-state index contributed by atoms with van der Waals surface area (Å²) in [5.41, 5.74) is 1.31. The Morgan fingerprint density at radius 1 is 1.32 bits per heavy atom. The van der Waals surface area contributed by atoms with E-state index in [9.17, 15) is 14.4 Å². The zero-order valence-corrected chi connectivity index (χ0v) is 12.7. The molecule has 0 bridgehead atoms. The molecular formula is C16H20N2O4. The second kappa shape index (κ2) is 6.60.